The molecule has 1 fully saturated rings. The largest absolute Gasteiger partial charge is 0.339 e. The standard InChI is InChI=1S/C22H25N5O3S2/c1-15(32-18-7-5-17(6-8-18)23-16(2)28)22(29)27-11-9-26(10-12-27)14-20-24-21(25-30-20)19-4-3-13-31-19/h3-8,13,15H,9-12,14H2,1-2H3,(H,23,28). The summed E-state index contributed by atoms with van der Waals surface area (Å²) in [5.74, 6) is 1.26. The first-order valence-corrected chi connectivity index (χ1v) is 12.2. The van der Waals surface area contributed by atoms with E-state index in [1.807, 2.05) is 53.6 Å². The normalized spacial score (nSPS) is 15.5. The highest BCUT2D eigenvalue weighted by Gasteiger charge is 2.26. The summed E-state index contributed by atoms with van der Waals surface area (Å²) >= 11 is 3.11. The predicted molar refractivity (Wildman–Crippen MR) is 126 cm³/mol. The van der Waals surface area contributed by atoms with Crippen LogP contribution in [0.1, 0.15) is 19.7 Å². The van der Waals surface area contributed by atoms with Crippen LogP contribution in [0.2, 0.25) is 0 Å². The van der Waals surface area contributed by atoms with Crippen LogP contribution in [0.3, 0.4) is 0 Å². The van der Waals surface area contributed by atoms with Gasteiger partial charge in [0.1, 0.15) is 0 Å². The molecule has 8 nitrogen and oxygen atoms in total. The Morgan fingerprint density at radius 1 is 1.19 bits per heavy atom. The number of carbonyl (C=O) groups excluding carboxylic acids is 2. The first-order valence-electron chi connectivity index (χ1n) is 10.4. The summed E-state index contributed by atoms with van der Waals surface area (Å²) < 4.78 is 5.40. The van der Waals surface area contributed by atoms with E-state index in [0.717, 1.165) is 28.5 Å². The highest BCUT2D eigenvalue weighted by Crippen LogP contribution is 2.26. The van der Waals surface area contributed by atoms with E-state index in [1.54, 1.807) is 11.3 Å². The zero-order valence-corrected chi connectivity index (χ0v) is 19.6. The molecule has 2 aromatic heterocycles. The fourth-order valence-corrected chi connectivity index (χ4v) is 5.07. The lowest BCUT2D eigenvalue weighted by Gasteiger charge is -2.35. The smallest absolute Gasteiger partial charge is 0.241 e. The van der Waals surface area contributed by atoms with Crippen LogP contribution < -0.4 is 5.32 Å². The predicted octanol–water partition coefficient (Wildman–Crippen LogP) is 3.58. The second kappa shape index (κ2) is 10.3. The maximum absolute atomic E-state index is 12.9. The molecule has 1 aliphatic heterocycles. The van der Waals surface area contributed by atoms with E-state index in [2.05, 4.69) is 20.4 Å². The van der Waals surface area contributed by atoms with Gasteiger partial charge in [0.2, 0.25) is 23.5 Å². The minimum atomic E-state index is -0.183. The van der Waals surface area contributed by atoms with Gasteiger partial charge in [0, 0.05) is 43.7 Å². The quantitative estimate of drug-likeness (QED) is 0.527. The summed E-state index contributed by atoms with van der Waals surface area (Å²) in [6.07, 6.45) is 0. The van der Waals surface area contributed by atoms with Crippen LogP contribution in [0.4, 0.5) is 5.69 Å². The number of aromatic nitrogens is 2. The molecule has 1 aromatic carbocycles. The van der Waals surface area contributed by atoms with E-state index in [-0.39, 0.29) is 17.1 Å². The van der Waals surface area contributed by atoms with Crippen molar-refractivity contribution in [2.45, 2.75) is 30.5 Å². The molecule has 0 aliphatic carbocycles. The van der Waals surface area contributed by atoms with Gasteiger partial charge in [0.25, 0.3) is 0 Å². The Balaban J connectivity index is 1.24. The zero-order chi connectivity index (χ0) is 22.5. The van der Waals surface area contributed by atoms with Crippen molar-refractivity contribution >= 4 is 40.6 Å². The topological polar surface area (TPSA) is 91.6 Å². The lowest BCUT2D eigenvalue weighted by Crippen LogP contribution is -2.50. The van der Waals surface area contributed by atoms with Crippen LogP contribution >= 0.6 is 23.1 Å². The van der Waals surface area contributed by atoms with Crippen molar-refractivity contribution in [2.75, 3.05) is 31.5 Å². The van der Waals surface area contributed by atoms with Gasteiger partial charge in [-0.3, -0.25) is 14.5 Å². The van der Waals surface area contributed by atoms with Crippen LogP contribution in [0, 0.1) is 0 Å². The molecule has 4 rings (SSSR count). The summed E-state index contributed by atoms with van der Waals surface area (Å²) in [5, 5.41) is 8.61. The van der Waals surface area contributed by atoms with E-state index in [1.165, 1.54) is 18.7 Å². The van der Waals surface area contributed by atoms with Crippen molar-refractivity contribution in [1.29, 1.82) is 0 Å². The van der Waals surface area contributed by atoms with E-state index in [0.29, 0.717) is 31.3 Å². The van der Waals surface area contributed by atoms with Gasteiger partial charge in [-0.25, -0.2) is 0 Å². The third-order valence-corrected chi connectivity index (χ3v) is 7.05. The number of nitrogens with one attached hydrogen (secondary N) is 1. The van der Waals surface area contributed by atoms with Crippen molar-refractivity contribution in [2.24, 2.45) is 0 Å². The molecule has 0 bridgehead atoms. The molecular formula is C22H25N5O3S2. The summed E-state index contributed by atoms with van der Waals surface area (Å²) in [6, 6.07) is 11.5. The molecular weight excluding hydrogens is 446 g/mol. The Hall–Kier alpha value is -2.69. The molecule has 10 heteroatoms. The Kier molecular flexibility index (Phi) is 7.23. The average Bonchev–Trinajstić information content (AvgIpc) is 3.47. The van der Waals surface area contributed by atoms with Gasteiger partial charge in [-0.2, -0.15) is 4.98 Å². The number of piperazine rings is 1. The van der Waals surface area contributed by atoms with Gasteiger partial charge < -0.3 is 14.7 Å². The first-order chi connectivity index (χ1) is 15.5. The van der Waals surface area contributed by atoms with Crippen molar-refractivity contribution in [3.05, 3.63) is 47.7 Å². The highest BCUT2D eigenvalue weighted by atomic mass is 32.2. The zero-order valence-electron chi connectivity index (χ0n) is 18.0. The average molecular weight is 472 g/mol. The number of nitrogens with zero attached hydrogens (tertiary/aromatic N) is 4. The number of benzene rings is 1. The second-order valence-electron chi connectivity index (χ2n) is 7.56. The van der Waals surface area contributed by atoms with Crippen LogP contribution in [0.5, 0.6) is 0 Å². The maximum atomic E-state index is 12.9. The molecule has 0 saturated carbocycles. The van der Waals surface area contributed by atoms with Crippen LogP contribution in [-0.4, -0.2) is 63.2 Å². The lowest BCUT2D eigenvalue weighted by atomic mass is 10.3. The number of rotatable bonds is 7. The Bertz CT molecular complexity index is 1040. The summed E-state index contributed by atoms with van der Waals surface area (Å²) in [6.45, 7) is 6.90. The minimum absolute atomic E-state index is 0.102. The summed E-state index contributed by atoms with van der Waals surface area (Å²) in [7, 11) is 0. The van der Waals surface area contributed by atoms with Crippen molar-refractivity contribution in [3.8, 4) is 10.7 Å². The third-order valence-electron chi connectivity index (χ3n) is 5.09. The Labute approximate surface area is 195 Å². The van der Waals surface area contributed by atoms with Crippen LogP contribution in [0.15, 0.2) is 51.2 Å². The number of carbonyl (C=O) groups is 2. The molecule has 0 radical (unpaired) electrons. The van der Waals surface area contributed by atoms with Gasteiger partial charge in [-0.05, 0) is 42.6 Å². The molecule has 168 valence electrons. The molecule has 1 aliphatic rings. The Morgan fingerprint density at radius 2 is 1.94 bits per heavy atom. The lowest BCUT2D eigenvalue weighted by molar-refractivity contribution is -0.132. The number of amides is 2. The van der Waals surface area contributed by atoms with Crippen molar-refractivity contribution in [3.63, 3.8) is 0 Å². The molecule has 3 heterocycles. The maximum Gasteiger partial charge on any atom is 0.241 e. The fraction of sp³-hybridized carbons (Fsp3) is 0.364. The van der Waals surface area contributed by atoms with E-state index in [9.17, 15) is 9.59 Å². The first kappa shape index (κ1) is 22.5. The molecule has 0 spiro atoms. The summed E-state index contributed by atoms with van der Waals surface area (Å²) in [5.41, 5.74) is 0.751. The molecule has 1 saturated heterocycles. The second-order valence-corrected chi connectivity index (χ2v) is 9.92. The number of anilines is 1. The van der Waals surface area contributed by atoms with Crippen molar-refractivity contribution < 1.29 is 14.1 Å². The molecule has 2 amide bonds. The van der Waals surface area contributed by atoms with Gasteiger partial charge in [-0.15, -0.1) is 23.1 Å². The number of thioether (sulfide) groups is 1. The molecule has 1 unspecified atom stereocenters. The van der Waals surface area contributed by atoms with Gasteiger partial charge in [0.15, 0.2) is 0 Å². The fourth-order valence-electron chi connectivity index (χ4n) is 3.47. The molecule has 3 aromatic rings. The molecule has 1 atom stereocenters. The third kappa shape index (κ3) is 5.76. The van der Waals surface area contributed by atoms with Crippen LogP contribution in [0.25, 0.3) is 10.7 Å². The van der Waals surface area contributed by atoms with Gasteiger partial charge in [-0.1, -0.05) is 11.2 Å². The Morgan fingerprint density at radius 3 is 2.59 bits per heavy atom. The molecule has 32 heavy (non-hydrogen) atoms. The molecule has 1 N–H and O–H groups in total. The van der Waals surface area contributed by atoms with E-state index in [4.69, 9.17) is 4.52 Å². The van der Waals surface area contributed by atoms with Gasteiger partial charge in [0.05, 0.1) is 16.7 Å². The number of hydrogen-bond acceptors (Lipinski definition) is 8. The van der Waals surface area contributed by atoms with E-state index < -0.39 is 0 Å². The SMILES string of the molecule is CC(=O)Nc1ccc(SC(C)C(=O)N2CCN(Cc3nc(-c4cccs4)no3)CC2)cc1. The number of hydrogen-bond donors (Lipinski definition) is 1. The minimum Gasteiger partial charge on any atom is -0.339 e. The van der Waals surface area contributed by atoms with Crippen LogP contribution in [-0.2, 0) is 16.1 Å². The monoisotopic (exact) mass is 471 g/mol. The highest BCUT2D eigenvalue weighted by molar-refractivity contribution is 8.00. The summed E-state index contributed by atoms with van der Waals surface area (Å²) in [4.78, 5) is 34.7. The van der Waals surface area contributed by atoms with Gasteiger partial charge >= 0.3 is 0 Å². The van der Waals surface area contributed by atoms with E-state index >= 15 is 0 Å². The number of thiophene rings is 1. The van der Waals surface area contributed by atoms with Crippen molar-refractivity contribution in [1.82, 2.24) is 19.9 Å².